The number of aliphatic hydroxyl groups excluding tert-OH is 1. The van der Waals surface area contributed by atoms with Crippen molar-refractivity contribution >= 4 is 17.7 Å². The van der Waals surface area contributed by atoms with Gasteiger partial charge in [-0.2, -0.15) is 0 Å². The summed E-state index contributed by atoms with van der Waals surface area (Å²) < 4.78 is 0. The molecule has 0 aromatic heterocycles. The minimum Gasteiger partial charge on any atom is -0.394 e. The van der Waals surface area contributed by atoms with Crippen molar-refractivity contribution < 1.29 is 9.90 Å². The van der Waals surface area contributed by atoms with Crippen LogP contribution in [-0.4, -0.2) is 23.4 Å². The molecule has 1 unspecified atom stereocenters. The van der Waals surface area contributed by atoms with Crippen LogP contribution in [0.5, 0.6) is 0 Å². The van der Waals surface area contributed by atoms with Gasteiger partial charge >= 0.3 is 0 Å². The van der Waals surface area contributed by atoms with Crippen molar-refractivity contribution in [1.29, 1.82) is 0 Å². The fourth-order valence-electron chi connectivity index (χ4n) is 2.03. The number of nitrogens with one attached hydrogen (secondary N) is 1. The van der Waals surface area contributed by atoms with Crippen molar-refractivity contribution in [3.8, 4) is 0 Å². The number of amides is 1. The van der Waals surface area contributed by atoms with Gasteiger partial charge in [-0.25, -0.2) is 0 Å². The van der Waals surface area contributed by atoms with Crippen molar-refractivity contribution in [2.45, 2.75) is 17.9 Å². The van der Waals surface area contributed by atoms with Crippen LogP contribution in [0.25, 0.3) is 0 Å². The van der Waals surface area contributed by atoms with Crippen LogP contribution < -0.4 is 5.32 Å². The number of hydrogen-bond donors (Lipinski definition) is 2. The topological polar surface area (TPSA) is 49.3 Å². The Morgan fingerprint density at radius 1 is 1.14 bits per heavy atom. The largest absolute Gasteiger partial charge is 0.394 e. The van der Waals surface area contributed by atoms with E-state index in [0.29, 0.717) is 5.56 Å². The molecule has 0 aliphatic heterocycles. The molecule has 1 atom stereocenters. The molecule has 0 radical (unpaired) electrons. The highest BCUT2D eigenvalue weighted by atomic mass is 32.2. The smallest absolute Gasteiger partial charge is 0.251 e. The molecular formula is C17H19NO2S. The molecule has 4 heteroatoms. The second kappa shape index (κ2) is 7.86. The first kappa shape index (κ1) is 15.6. The molecule has 0 spiro atoms. The van der Waals surface area contributed by atoms with Crippen LogP contribution in [0.3, 0.4) is 0 Å². The summed E-state index contributed by atoms with van der Waals surface area (Å²) in [5.41, 5.74) is 1.50. The number of hydrogen-bond acceptors (Lipinski definition) is 3. The summed E-state index contributed by atoms with van der Waals surface area (Å²) in [5, 5.41) is 12.3. The molecule has 0 saturated heterocycles. The van der Waals surface area contributed by atoms with Crippen LogP contribution in [-0.2, 0) is 0 Å². The second-order valence-corrected chi connectivity index (χ2v) is 5.91. The monoisotopic (exact) mass is 301 g/mol. The van der Waals surface area contributed by atoms with E-state index in [2.05, 4.69) is 12.2 Å². The molecule has 2 aromatic rings. The van der Waals surface area contributed by atoms with Gasteiger partial charge in [0.2, 0.25) is 0 Å². The summed E-state index contributed by atoms with van der Waals surface area (Å²) in [6.07, 6.45) is 0. The Kier molecular flexibility index (Phi) is 5.84. The summed E-state index contributed by atoms with van der Waals surface area (Å²) in [5.74, 6) is 0.831. The Balaban J connectivity index is 2.05. The van der Waals surface area contributed by atoms with Gasteiger partial charge in [0.1, 0.15) is 0 Å². The van der Waals surface area contributed by atoms with Gasteiger partial charge in [0.05, 0.1) is 12.6 Å². The molecule has 0 bridgehead atoms. The Morgan fingerprint density at radius 2 is 1.81 bits per heavy atom. The van der Waals surface area contributed by atoms with E-state index in [9.17, 15) is 9.90 Å². The van der Waals surface area contributed by atoms with Gasteiger partial charge in [-0.3, -0.25) is 4.79 Å². The predicted molar refractivity (Wildman–Crippen MR) is 86.6 cm³/mol. The zero-order valence-electron chi connectivity index (χ0n) is 12.0. The Hall–Kier alpha value is -1.78. The number of carbonyl (C=O) groups is 1. The highest BCUT2D eigenvalue weighted by Gasteiger charge is 2.14. The van der Waals surface area contributed by atoms with Crippen molar-refractivity contribution in [3.63, 3.8) is 0 Å². The highest BCUT2D eigenvalue weighted by Crippen LogP contribution is 2.18. The molecule has 3 nitrogen and oxygen atoms in total. The molecule has 0 aliphatic carbocycles. The molecule has 110 valence electrons. The summed E-state index contributed by atoms with van der Waals surface area (Å²) in [6.45, 7) is 1.97. The fraction of sp³-hybridized carbons (Fsp3) is 0.235. The Labute approximate surface area is 129 Å². The minimum absolute atomic E-state index is 0.125. The first-order valence-electron chi connectivity index (χ1n) is 6.94. The van der Waals surface area contributed by atoms with Crippen molar-refractivity contribution in [2.75, 3.05) is 12.4 Å². The lowest BCUT2D eigenvalue weighted by Crippen LogP contribution is -2.30. The van der Waals surface area contributed by atoms with Crippen LogP contribution in [0, 0.1) is 0 Å². The third-order valence-corrected chi connectivity index (χ3v) is 4.01. The lowest BCUT2D eigenvalue weighted by atomic mass is 10.1. The van der Waals surface area contributed by atoms with E-state index in [0.717, 1.165) is 16.2 Å². The van der Waals surface area contributed by atoms with Crippen LogP contribution >= 0.6 is 11.8 Å². The zero-order chi connectivity index (χ0) is 15.1. The lowest BCUT2D eigenvalue weighted by Gasteiger charge is -2.16. The average Bonchev–Trinajstić information content (AvgIpc) is 2.54. The lowest BCUT2D eigenvalue weighted by molar-refractivity contribution is 0.0916. The summed E-state index contributed by atoms with van der Waals surface area (Å²) in [6, 6.07) is 16.6. The average molecular weight is 301 g/mol. The molecule has 2 aromatic carbocycles. The van der Waals surface area contributed by atoms with Gasteiger partial charge in [0.15, 0.2) is 0 Å². The normalized spacial score (nSPS) is 11.9. The molecule has 21 heavy (non-hydrogen) atoms. The quantitative estimate of drug-likeness (QED) is 0.805. The van der Waals surface area contributed by atoms with E-state index >= 15 is 0 Å². The molecular weight excluding hydrogens is 282 g/mol. The van der Waals surface area contributed by atoms with Crippen molar-refractivity contribution in [2.24, 2.45) is 0 Å². The van der Waals surface area contributed by atoms with Gasteiger partial charge < -0.3 is 10.4 Å². The van der Waals surface area contributed by atoms with Gasteiger partial charge in [0.25, 0.3) is 5.91 Å². The van der Waals surface area contributed by atoms with Gasteiger partial charge in [-0.05, 0) is 35.6 Å². The zero-order valence-corrected chi connectivity index (χ0v) is 12.8. The van der Waals surface area contributed by atoms with Crippen LogP contribution in [0.1, 0.15) is 28.9 Å². The summed E-state index contributed by atoms with van der Waals surface area (Å²) >= 11 is 1.74. The van der Waals surface area contributed by atoms with Gasteiger partial charge in [-0.15, -0.1) is 11.8 Å². The Morgan fingerprint density at radius 3 is 2.38 bits per heavy atom. The molecule has 0 fully saturated rings. The second-order valence-electron chi connectivity index (χ2n) is 4.58. The molecule has 0 heterocycles. The van der Waals surface area contributed by atoms with E-state index in [-0.39, 0.29) is 18.6 Å². The van der Waals surface area contributed by atoms with Crippen LogP contribution in [0.15, 0.2) is 59.5 Å². The molecule has 1 amide bonds. The number of carbonyl (C=O) groups excluding carboxylic acids is 1. The van der Waals surface area contributed by atoms with Crippen molar-refractivity contribution in [3.05, 3.63) is 65.7 Å². The van der Waals surface area contributed by atoms with E-state index in [1.54, 1.807) is 11.8 Å². The van der Waals surface area contributed by atoms with Crippen LogP contribution in [0.2, 0.25) is 0 Å². The van der Waals surface area contributed by atoms with Gasteiger partial charge in [0, 0.05) is 10.5 Å². The fourth-order valence-corrected chi connectivity index (χ4v) is 2.69. The first-order chi connectivity index (χ1) is 10.2. The maximum atomic E-state index is 12.2. The van der Waals surface area contributed by atoms with E-state index in [4.69, 9.17) is 0 Å². The number of rotatable bonds is 6. The van der Waals surface area contributed by atoms with Crippen molar-refractivity contribution in [1.82, 2.24) is 5.32 Å². The number of benzene rings is 2. The maximum absolute atomic E-state index is 12.2. The summed E-state index contributed by atoms with van der Waals surface area (Å²) in [7, 11) is 0. The third kappa shape index (κ3) is 4.34. The molecule has 2 rings (SSSR count). The first-order valence-corrected chi connectivity index (χ1v) is 7.92. The van der Waals surface area contributed by atoms with Crippen LogP contribution in [0.4, 0.5) is 0 Å². The minimum atomic E-state index is -0.386. The maximum Gasteiger partial charge on any atom is 0.251 e. The Bertz CT molecular complexity index is 569. The SMILES string of the molecule is CCSc1ccc(C(=O)NC(CO)c2ccccc2)cc1. The van der Waals surface area contributed by atoms with E-state index < -0.39 is 0 Å². The van der Waals surface area contributed by atoms with Gasteiger partial charge in [-0.1, -0.05) is 37.3 Å². The summed E-state index contributed by atoms with van der Waals surface area (Å²) in [4.78, 5) is 13.4. The number of thioether (sulfide) groups is 1. The third-order valence-electron chi connectivity index (χ3n) is 3.12. The molecule has 2 N–H and O–H groups in total. The van der Waals surface area contributed by atoms with E-state index in [1.807, 2.05) is 54.6 Å². The number of aliphatic hydroxyl groups is 1. The van der Waals surface area contributed by atoms with E-state index in [1.165, 1.54) is 0 Å². The highest BCUT2D eigenvalue weighted by molar-refractivity contribution is 7.99. The predicted octanol–water partition coefficient (Wildman–Crippen LogP) is 3.26. The molecule has 0 aliphatic rings. The molecule has 0 saturated carbocycles. The standard InChI is InChI=1S/C17H19NO2S/c1-2-21-15-10-8-14(9-11-15)17(20)18-16(12-19)13-6-4-3-5-7-13/h3-11,16,19H,2,12H2,1H3,(H,18,20).